The number of likely N-dealkylation sites (tertiary alicyclic amines) is 1. The van der Waals surface area contributed by atoms with Gasteiger partial charge in [0.25, 0.3) is 0 Å². The second-order valence-electron chi connectivity index (χ2n) is 6.12. The molecule has 6 heteroatoms. The van der Waals surface area contributed by atoms with Crippen molar-refractivity contribution in [1.82, 2.24) is 10.2 Å². The number of benzene rings is 1. The Morgan fingerprint density at radius 2 is 1.95 bits per heavy atom. The summed E-state index contributed by atoms with van der Waals surface area (Å²) in [6.07, 6.45) is 2.77. The first-order valence-corrected chi connectivity index (χ1v) is 7.50. The molecule has 2 heterocycles. The molecule has 0 atom stereocenters. The van der Waals surface area contributed by atoms with E-state index in [1.165, 1.54) is 6.07 Å². The normalized spacial score (nSPS) is 20.3. The van der Waals surface area contributed by atoms with Crippen molar-refractivity contribution in [2.24, 2.45) is 0 Å². The molecule has 0 saturated carbocycles. The number of hydrogen-bond donors (Lipinski definition) is 1. The van der Waals surface area contributed by atoms with E-state index in [4.69, 9.17) is 0 Å². The van der Waals surface area contributed by atoms with Crippen molar-refractivity contribution < 1.29 is 18.4 Å². The van der Waals surface area contributed by atoms with Gasteiger partial charge in [-0.05, 0) is 30.9 Å². The minimum Gasteiger partial charge on any atom is -0.351 e. The molecule has 1 N–H and O–H groups in total. The minimum absolute atomic E-state index is 0.0640. The summed E-state index contributed by atoms with van der Waals surface area (Å²) in [7, 11) is 0. The molecule has 0 aromatic heterocycles. The quantitative estimate of drug-likeness (QED) is 0.905. The summed E-state index contributed by atoms with van der Waals surface area (Å²) in [5.74, 6) is -1.42. The fraction of sp³-hybridized carbons (Fsp3) is 0.500. The third-order valence-corrected chi connectivity index (χ3v) is 4.67. The van der Waals surface area contributed by atoms with Crippen LogP contribution in [0.25, 0.3) is 0 Å². The fourth-order valence-electron chi connectivity index (χ4n) is 3.27. The number of hydrogen-bond acceptors (Lipinski definition) is 2. The molecule has 2 aliphatic heterocycles. The van der Waals surface area contributed by atoms with E-state index in [-0.39, 0.29) is 29.3 Å². The van der Waals surface area contributed by atoms with Gasteiger partial charge in [-0.15, -0.1) is 0 Å². The highest BCUT2D eigenvalue weighted by atomic mass is 19.1. The molecule has 2 amide bonds. The highest BCUT2D eigenvalue weighted by molar-refractivity contribution is 5.80. The summed E-state index contributed by atoms with van der Waals surface area (Å²) in [5, 5.41) is 3.02. The maximum absolute atomic E-state index is 13.6. The van der Waals surface area contributed by atoms with Crippen LogP contribution in [0.4, 0.5) is 8.78 Å². The van der Waals surface area contributed by atoms with E-state index >= 15 is 0 Å². The van der Waals surface area contributed by atoms with Crippen molar-refractivity contribution in [1.29, 1.82) is 0 Å². The third-order valence-electron chi connectivity index (χ3n) is 4.67. The van der Waals surface area contributed by atoms with Gasteiger partial charge in [0.15, 0.2) is 0 Å². The van der Waals surface area contributed by atoms with Crippen LogP contribution in [0.5, 0.6) is 0 Å². The van der Waals surface area contributed by atoms with Crippen LogP contribution in [0.3, 0.4) is 0 Å². The predicted octanol–water partition coefficient (Wildman–Crippen LogP) is 1.78. The van der Waals surface area contributed by atoms with Crippen LogP contribution in [-0.4, -0.2) is 35.3 Å². The number of nitrogens with zero attached hydrogens (tertiary/aromatic N) is 1. The molecule has 1 aromatic rings. The van der Waals surface area contributed by atoms with Crippen LogP contribution in [0.2, 0.25) is 0 Å². The molecule has 2 fully saturated rings. The highest BCUT2D eigenvalue weighted by Crippen LogP contribution is 2.31. The summed E-state index contributed by atoms with van der Waals surface area (Å²) in [5.41, 5.74) is 0.0514. The van der Waals surface area contributed by atoms with E-state index in [2.05, 4.69) is 5.32 Å². The van der Waals surface area contributed by atoms with Gasteiger partial charge in [-0.2, -0.15) is 0 Å². The van der Waals surface area contributed by atoms with Crippen molar-refractivity contribution in [3.05, 3.63) is 35.4 Å². The molecular formula is C16H18F2N2O2. The van der Waals surface area contributed by atoms with Crippen LogP contribution in [0.1, 0.15) is 31.2 Å². The Labute approximate surface area is 127 Å². The van der Waals surface area contributed by atoms with Crippen LogP contribution >= 0.6 is 0 Å². The number of rotatable bonds is 2. The number of carbonyl (C=O) groups is 2. The van der Waals surface area contributed by atoms with Gasteiger partial charge >= 0.3 is 0 Å². The molecule has 22 heavy (non-hydrogen) atoms. The summed E-state index contributed by atoms with van der Waals surface area (Å²) < 4.78 is 26.5. The van der Waals surface area contributed by atoms with E-state index in [0.717, 1.165) is 31.4 Å². The average Bonchev–Trinajstić information content (AvgIpc) is 2.83. The predicted molar refractivity (Wildman–Crippen MR) is 76.0 cm³/mol. The lowest BCUT2D eigenvalue weighted by Gasteiger charge is -2.39. The van der Waals surface area contributed by atoms with Crippen molar-refractivity contribution in [3.63, 3.8) is 0 Å². The Morgan fingerprint density at radius 1 is 1.23 bits per heavy atom. The number of carbonyl (C=O) groups excluding carboxylic acids is 2. The molecular weight excluding hydrogens is 290 g/mol. The van der Waals surface area contributed by atoms with Crippen molar-refractivity contribution >= 4 is 11.8 Å². The lowest BCUT2D eigenvalue weighted by molar-refractivity contribution is -0.132. The van der Waals surface area contributed by atoms with Gasteiger partial charge in [0.1, 0.15) is 11.6 Å². The van der Waals surface area contributed by atoms with Gasteiger partial charge in [-0.3, -0.25) is 9.59 Å². The molecule has 1 aromatic carbocycles. The summed E-state index contributed by atoms with van der Waals surface area (Å²) in [6.45, 7) is 1.11. The first kappa shape index (κ1) is 14.9. The Bertz CT molecular complexity index is 610. The Kier molecular flexibility index (Phi) is 3.85. The number of amides is 2. The van der Waals surface area contributed by atoms with Gasteiger partial charge in [-0.25, -0.2) is 8.78 Å². The molecule has 0 unspecified atom stereocenters. The zero-order valence-electron chi connectivity index (χ0n) is 12.2. The fourth-order valence-corrected chi connectivity index (χ4v) is 3.27. The van der Waals surface area contributed by atoms with Crippen LogP contribution < -0.4 is 5.32 Å². The van der Waals surface area contributed by atoms with Crippen molar-refractivity contribution in [3.8, 4) is 0 Å². The van der Waals surface area contributed by atoms with Crippen LogP contribution in [0, 0.1) is 11.6 Å². The monoisotopic (exact) mass is 308 g/mol. The van der Waals surface area contributed by atoms with Gasteiger partial charge in [0.2, 0.25) is 11.8 Å². The van der Waals surface area contributed by atoms with Crippen LogP contribution in [-0.2, 0) is 16.0 Å². The molecule has 0 aliphatic carbocycles. The lowest BCUT2D eigenvalue weighted by Crippen LogP contribution is -2.52. The van der Waals surface area contributed by atoms with Gasteiger partial charge < -0.3 is 10.2 Å². The van der Waals surface area contributed by atoms with E-state index in [0.29, 0.717) is 19.5 Å². The summed E-state index contributed by atoms with van der Waals surface area (Å²) >= 11 is 0. The molecule has 0 radical (unpaired) electrons. The largest absolute Gasteiger partial charge is 0.351 e. The summed E-state index contributed by atoms with van der Waals surface area (Å²) in [6, 6.07) is 3.26. The highest BCUT2D eigenvalue weighted by Gasteiger charge is 2.40. The standard InChI is InChI=1S/C16H18F2N2O2/c17-12-2-1-11(13(18)10-12)9-15(22)20-7-5-16(6-8-20)4-3-14(21)19-16/h1-2,10H,3-9H2,(H,19,21). The molecule has 0 bridgehead atoms. The maximum Gasteiger partial charge on any atom is 0.227 e. The second kappa shape index (κ2) is 5.66. The smallest absolute Gasteiger partial charge is 0.227 e. The Morgan fingerprint density at radius 3 is 2.55 bits per heavy atom. The number of halogens is 2. The van der Waals surface area contributed by atoms with Gasteiger partial charge in [0.05, 0.1) is 6.42 Å². The van der Waals surface area contributed by atoms with Gasteiger partial charge in [0, 0.05) is 31.1 Å². The zero-order chi connectivity index (χ0) is 15.7. The Hall–Kier alpha value is -1.98. The van der Waals surface area contributed by atoms with E-state index < -0.39 is 11.6 Å². The topological polar surface area (TPSA) is 49.4 Å². The molecule has 1 spiro atoms. The first-order valence-electron chi connectivity index (χ1n) is 7.50. The molecule has 118 valence electrons. The minimum atomic E-state index is -0.690. The molecule has 4 nitrogen and oxygen atoms in total. The molecule has 3 rings (SSSR count). The van der Waals surface area contributed by atoms with E-state index in [1.54, 1.807) is 4.90 Å². The number of nitrogens with one attached hydrogen (secondary N) is 1. The van der Waals surface area contributed by atoms with E-state index in [1.807, 2.05) is 0 Å². The SMILES string of the molecule is O=C1CCC2(CCN(C(=O)Cc3ccc(F)cc3F)CC2)N1. The maximum atomic E-state index is 13.6. The number of piperidine rings is 1. The Balaban J connectivity index is 1.59. The molecule has 2 saturated heterocycles. The third kappa shape index (κ3) is 2.96. The average molecular weight is 308 g/mol. The van der Waals surface area contributed by atoms with Gasteiger partial charge in [-0.1, -0.05) is 6.07 Å². The van der Waals surface area contributed by atoms with Crippen molar-refractivity contribution in [2.75, 3.05) is 13.1 Å². The second-order valence-corrected chi connectivity index (χ2v) is 6.12. The zero-order valence-corrected chi connectivity index (χ0v) is 12.2. The van der Waals surface area contributed by atoms with Crippen LogP contribution in [0.15, 0.2) is 18.2 Å². The lowest BCUT2D eigenvalue weighted by atomic mass is 9.86. The first-order chi connectivity index (χ1) is 10.5. The summed E-state index contributed by atoms with van der Waals surface area (Å²) in [4.78, 5) is 25.3. The van der Waals surface area contributed by atoms with Crippen molar-refractivity contribution in [2.45, 2.75) is 37.6 Å². The molecule has 2 aliphatic rings. The van der Waals surface area contributed by atoms with E-state index in [9.17, 15) is 18.4 Å².